The minimum absolute atomic E-state index is 0. The van der Waals surface area contributed by atoms with Gasteiger partial charge in [0.25, 0.3) is 0 Å². The first kappa shape index (κ1) is 21.1. The lowest BCUT2D eigenvalue weighted by Crippen LogP contribution is -2.38. The zero-order valence-corrected chi connectivity index (χ0v) is 16.3. The van der Waals surface area contributed by atoms with E-state index >= 15 is 0 Å². The molecule has 1 aromatic heterocycles. The molecule has 0 saturated carbocycles. The van der Waals surface area contributed by atoms with Crippen LogP contribution in [-0.2, 0) is 18.3 Å². The van der Waals surface area contributed by atoms with Crippen molar-refractivity contribution in [2.45, 2.75) is 33.7 Å². The van der Waals surface area contributed by atoms with Crippen molar-refractivity contribution in [2.75, 3.05) is 26.3 Å². The molecule has 0 amide bonds. The van der Waals surface area contributed by atoms with E-state index in [1.54, 1.807) is 6.33 Å². The Labute approximate surface area is 150 Å². The van der Waals surface area contributed by atoms with E-state index in [9.17, 15) is 0 Å². The molecule has 0 aliphatic heterocycles. The standard InChI is InChI=1S/C14H28N6O.HI/c1-5-15-14(16-7-6-8-21-10-12(2)3)17-9-13-19-18-11-20(13)4;/h11-12H,5-10H2,1-4H3,(H2,15,16,17);1H. The van der Waals surface area contributed by atoms with Gasteiger partial charge in [0.1, 0.15) is 12.9 Å². The van der Waals surface area contributed by atoms with Crippen molar-refractivity contribution in [3.63, 3.8) is 0 Å². The normalized spacial score (nSPS) is 11.4. The Balaban J connectivity index is 0.00000441. The number of nitrogens with one attached hydrogen (secondary N) is 2. The predicted molar refractivity (Wildman–Crippen MR) is 99.5 cm³/mol. The molecule has 0 spiro atoms. The molecule has 0 aliphatic rings. The molecule has 1 aromatic rings. The molecule has 1 rings (SSSR count). The van der Waals surface area contributed by atoms with Crippen LogP contribution in [0.1, 0.15) is 33.0 Å². The van der Waals surface area contributed by atoms with Crippen LogP contribution in [0.3, 0.4) is 0 Å². The van der Waals surface area contributed by atoms with E-state index in [-0.39, 0.29) is 24.0 Å². The fourth-order valence-corrected chi connectivity index (χ4v) is 1.64. The van der Waals surface area contributed by atoms with Crippen LogP contribution in [0.15, 0.2) is 11.3 Å². The highest BCUT2D eigenvalue weighted by Crippen LogP contribution is 1.94. The molecule has 22 heavy (non-hydrogen) atoms. The summed E-state index contributed by atoms with van der Waals surface area (Å²) in [6.07, 6.45) is 2.64. The fourth-order valence-electron chi connectivity index (χ4n) is 1.64. The van der Waals surface area contributed by atoms with Crippen LogP contribution >= 0.6 is 24.0 Å². The number of halogens is 1. The molecule has 7 nitrogen and oxygen atoms in total. The quantitative estimate of drug-likeness (QED) is 0.272. The summed E-state index contributed by atoms with van der Waals surface area (Å²) in [5, 5.41) is 14.4. The third kappa shape index (κ3) is 9.19. The molecule has 8 heteroatoms. The summed E-state index contributed by atoms with van der Waals surface area (Å²) in [4.78, 5) is 4.49. The van der Waals surface area contributed by atoms with Gasteiger partial charge < -0.3 is 19.9 Å². The Hall–Kier alpha value is -0.900. The Morgan fingerprint density at radius 1 is 1.41 bits per heavy atom. The van der Waals surface area contributed by atoms with Crippen molar-refractivity contribution in [2.24, 2.45) is 18.0 Å². The first-order valence-corrected chi connectivity index (χ1v) is 7.56. The van der Waals surface area contributed by atoms with Gasteiger partial charge in [-0.25, -0.2) is 4.99 Å². The van der Waals surface area contributed by atoms with Gasteiger partial charge in [0, 0.05) is 33.4 Å². The molecule has 0 bridgehead atoms. The minimum Gasteiger partial charge on any atom is -0.381 e. The molecular formula is C14H29IN6O. The van der Waals surface area contributed by atoms with Gasteiger partial charge in [-0.1, -0.05) is 13.8 Å². The third-order valence-electron chi connectivity index (χ3n) is 2.74. The van der Waals surface area contributed by atoms with Gasteiger partial charge >= 0.3 is 0 Å². The molecular weight excluding hydrogens is 395 g/mol. The SMILES string of the molecule is CCNC(=NCc1nncn1C)NCCCOCC(C)C.I. The molecule has 0 aromatic carbocycles. The highest BCUT2D eigenvalue weighted by atomic mass is 127. The average molecular weight is 424 g/mol. The Morgan fingerprint density at radius 2 is 2.18 bits per heavy atom. The number of nitrogens with zero attached hydrogens (tertiary/aromatic N) is 4. The van der Waals surface area contributed by atoms with E-state index in [0.29, 0.717) is 12.5 Å². The maximum absolute atomic E-state index is 5.55. The molecule has 0 saturated heterocycles. The first-order valence-electron chi connectivity index (χ1n) is 7.56. The van der Waals surface area contributed by atoms with E-state index in [1.165, 1.54) is 0 Å². The first-order chi connectivity index (χ1) is 10.1. The fraction of sp³-hybridized carbons (Fsp3) is 0.786. The smallest absolute Gasteiger partial charge is 0.191 e. The molecule has 2 N–H and O–H groups in total. The van der Waals surface area contributed by atoms with Crippen molar-refractivity contribution in [1.29, 1.82) is 0 Å². The molecule has 128 valence electrons. The lowest BCUT2D eigenvalue weighted by Gasteiger charge is -2.11. The van der Waals surface area contributed by atoms with Gasteiger partial charge in [-0.2, -0.15) is 0 Å². The van der Waals surface area contributed by atoms with Crippen molar-refractivity contribution in [3.05, 3.63) is 12.2 Å². The van der Waals surface area contributed by atoms with Gasteiger partial charge in [-0.05, 0) is 19.3 Å². The molecule has 1 heterocycles. The topological polar surface area (TPSA) is 76.4 Å². The maximum atomic E-state index is 5.55. The average Bonchev–Trinajstić information content (AvgIpc) is 2.85. The van der Waals surface area contributed by atoms with Crippen LogP contribution in [-0.4, -0.2) is 47.0 Å². The van der Waals surface area contributed by atoms with Crippen LogP contribution in [0.25, 0.3) is 0 Å². The number of guanidine groups is 1. The lowest BCUT2D eigenvalue weighted by atomic mass is 10.2. The summed E-state index contributed by atoms with van der Waals surface area (Å²) in [6.45, 7) is 10.1. The molecule has 0 atom stereocenters. The van der Waals surface area contributed by atoms with Crippen molar-refractivity contribution in [3.8, 4) is 0 Å². The van der Waals surface area contributed by atoms with E-state index in [0.717, 1.165) is 44.5 Å². The Bertz CT molecular complexity index is 421. The van der Waals surface area contributed by atoms with Crippen LogP contribution in [0, 0.1) is 5.92 Å². The van der Waals surface area contributed by atoms with Crippen LogP contribution in [0.4, 0.5) is 0 Å². The second-order valence-corrected chi connectivity index (χ2v) is 5.30. The predicted octanol–water partition coefficient (Wildman–Crippen LogP) is 1.55. The number of ether oxygens (including phenoxy) is 1. The van der Waals surface area contributed by atoms with Gasteiger partial charge in [0.05, 0.1) is 0 Å². The van der Waals surface area contributed by atoms with Crippen molar-refractivity contribution >= 4 is 29.9 Å². The summed E-state index contributed by atoms with van der Waals surface area (Å²) in [5.74, 6) is 2.22. The zero-order valence-electron chi connectivity index (χ0n) is 14.0. The van der Waals surface area contributed by atoms with Gasteiger partial charge in [-0.15, -0.1) is 34.2 Å². The van der Waals surface area contributed by atoms with Crippen LogP contribution in [0.5, 0.6) is 0 Å². The Morgan fingerprint density at radius 3 is 2.77 bits per heavy atom. The number of aryl methyl sites for hydroxylation is 1. The number of rotatable bonds is 9. The number of aliphatic imine (C=N–C) groups is 1. The molecule has 0 aliphatic carbocycles. The number of hydrogen-bond acceptors (Lipinski definition) is 4. The third-order valence-corrected chi connectivity index (χ3v) is 2.74. The number of aromatic nitrogens is 3. The number of hydrogen-bond donors (Lipinski definition) is 2. The summed E-state index contributed by atoms with van der Waals surface area (Å²) < 4.78 is 7.42. The molecule has 0 radical (unpaired) electrons. The Kier molecular flexibility index (Phi) is 12.1. The van der Waals surface area contributed by atoms with Crippen LogP contribution in [0.2, 0.25) is 0 Å². The summed E-state index contributed by atoms with van der Waals surface area (Å²) >= 11 is 0. The van der Waals surface area contributed by atoms with E-state index < -0.39 is 0 Å². The van der Waals surface area contributed by atoms with E-state index in [4.69, 9.17) is 4.74 Å². The van der Waals surface area contributed by atoms with E-state index in [1.807, 2.05) is 18.5 Å². The van der Waals surface area contributed by atoms with Crippen molar-refractivity contribution < 1.29 is 4.74 Å². The molecule has 0 fully saturated rings. The van der Waals surface area contributed by atoms with E-state index in [2.05, 4.69) is 39.7 Å². The second-order valence-electron chi connectivity index (χ2n) is 5.30. The monoisotopic (exact) mass is 424 g/mol. The minimum atomic E-state index is 0. The van der Waals surface area contributed by atoms with Gasteiger partial charge in [-0.3, -0.25) is 0 Å². The van der Waals surface area contributed by atoms with Gasteiger partial charge in [0.15, 0.2) is 11.8 Å². The highest BCUT2D eigenvalue weighted by Gasteiger charge is 2.01. The highest BCUT2D eigenvalue weighted by molar-refractivity contribution is 14.0. The maximum Gasteiger partial charge on any atom is 0.191 e. The zero-order chi connectivity index (χ0) is 15.5. The second kappa shape index (κ2) is 12.6. The van der Waals surface area contributed by atoms with Gasteiger partial charge in [0.2, 0.25) is 0 Å². The summed E-state index contributed by atoms with van der Waals surface area (Å²) in [6, 6.07) is 0. The lowest BCUT2D eigenvalue weighted by molar-refractivity contribution is 0.108. The summed E-state index contributed by atoms with van der Waals surface area (Å²) in [7, 11) is 1.91. The van der Waals surface area contributed by atoms with Crippen LogP contribution < -0.4 is 10.6 Å². The molecule has 0 unspecified atom stereocenters. The summed E-state index contributed by atoms with van der Waals surface area (Å²) in [5.41, 5.74) is 0. The largest absolute Gasteiger partial charge is 0.381 e. The van der Waals surface area contributed by atoms with Crippen molar-refractivity contribution in [1.82, 2.24) is 25.4 Å².